The Morgan fingerprint density at radius 3 is 2.50 bits per heavy atom. The summed E-state index contributed by atoms with van der Waals surface area (Å²) in [4.78, 5) is 4.80. The van der Waals surface area contributed by atoms with Gasteiger partial charge in [-0.25, -0.2) is 4.98 Å². The Morgan fingerprint density at radius 1 is 1.20 bits per heavy atom. The van der Waals surface area contributed by atoms with E-state index in [9.17, 15) is 0 Å². The van der Waals surface area contributed by atoms with Crippen LogP contribution in [0.4, 0.5) is 5.82 Å². The molecule has 1 aromatic carbocycles. The van der Waals surface area contributed by atoms with E-state index < -0.39 is 0 Å². The summed E-state index contributed by atoms with van der Waals surface area (Å²) >= 11 is 0. The van der Waals surface area contributed by atoms with Crippen LogP contribution in [0.3, 0.4) is 0 Å². The first kappa shape index (κ1) is 14.6. The van der Waals surface area contributed by atoms with E-state index in [0.29, 0.717) is 0 Å². The quantitative estimate of drug-likeness (QED) is 0.863. The van der Waals surface area contributed by atoms with E-state index >= 15 is 0 Å². The Labute approximate surface area is 121 Å². The minimum atomic E-state index is 0.240. The highest BCUT2D eigenvalue weighted by atomic mass is 15.1. The molecule has 2 rings (SSSR count). The van der Waals surface area contributed by atoms with Gasteiger partial charge in [0.2, 0.25) is 0 Å². The molecule has 0 bridgehead atoms. The van der Waals surface area contributed by atoms with Crippen molar-refractivity contribution in [2.75, 3.05) is 5.73 Å². The number of nitrogen functional groups attached to an aromatic ring is 1. The molecule has 2 N–H and O–H groups in total. The molecule has 2 aromatic rings. The molecule has 1 atom stereocenters. The molecule has 1 heterocycles. The number of unbranched alkanes of at least 4 members (excludes halogenated alkanes) is 1. The van der Waals surface area contributed by atoms with Gasteiger partial charge in [-0.3, -0.25) is 0 Å². The predicted octanol–water partition coefficient (Wildman–Crippen LogP) is 3.98. The van der Waals surface area contributed by atoms with Gasteiger partial charge in [0.25, 0.3) is 0 Å². The molecule has 20 heavy (non-hydrogen) atoms. The second kappa shape index (κ2) is 6.60. The normalized spacial score (nSPS) is 12.6. The van der Waals surface area contributed by atoms with Crippen molar-refractivity contribution in [3.63, 3.8) is 0 Å². The van der Waals surface area contributed by atoms with Gasteiger partial charge < -0.3 is 10.3 Å². The van der Waals surface area contributed by atoms with Crippen LogP contribution in [-0.2, 0) is 13.0 Å². The second-order valence-corrected chi connectivity index (χ2v) is 5.29. The van der Waals surface area contributed by atoms with E-state index in [-0.39, 0.29) is 5.92 Å². The maximum Gasteiger partial charge on any atom is 0.127 e. The van der Waals surface area contributed by atoms with Crippen molar-refractivity contribution in [2.45, 2.75) is 52.5 Å². The summed E-state index contributed by atoms with van der Waals surface area (Å²) in [6.07, 6.45) is 3.24. The summed E-state index contributed by atoms with van der Waals surface area (Å²) in [6, 6.07) is 10.5. The van der Waals surface area contributed by atoms with Gasteiger partial charge in [-0.15, -0.1) is 0 Å². The van der Waals surface area contributed by atoms with Crippen molar-refractivity contribution in [1.29, 1.82) is 0 Å². The summed E-state index contributed by atoms with van der Waals surface area (Å²) in [7, 11) is 0. The minimum Gasteiger partial charge on any atom is -0.384 e. The fraction of sp³-hybridized carbons (Fsp3) is 0.471. The third kappa shape index (κ3) is 2.87. The first-order valence-corrected chi connectivity index (χ1v) is 7.58. The molecule has 0 spiro atoms. The molecule has 0 fully saturated rings. The number of hydrogen-bond donors (Lipinski definition) is 1. The van der Waals surface area contributed by atoms with Crippen molar-refractivity contribution in [3.05, 3.63) is 47.4 Å². The Hall–Kier alpha value is -1.77. The lowest BCUT2D eigenvalue weighted by Crippen LogP contribution is -2.08. The van der Waals surface area contributed by atoms with Crippen LogP contribution in [-0.4, -0.2) is 9.55 Å². The monoisotopic (exact) mass is 271 g/mol. The van der Waals surface area contributed by atoms with Crippen LogP contribution >= 0.6 is 0 Å². The van der Waals surface area contributed by atoms with Crippen molar-refractivity contribution in [2.24, 2.45) is 0 Å². The summed E-state index contributed by atoms with van der Waals surface area (Å²) in [6.45, 7) is 7.49. The zero-order valence-corrected chi connectivity index (χ0v) is 12.8. The van der Waals surface area contributed by atoms with Gasteiger partial charge in [0.15, 0.2) is 0 Å². The van der Waals surface area contributed by atoms with E-state index in [2.05, 4.69) is 49.6 Å². The van der Waals surface area contributed by atoms with Gasteiger partial charge >= 0.3 is 0 Å². The van der Waals surface area contributed by atoms with Crippen LogP contribution in [0.25, 0.3) is 0 Å². The fourth-order valence-electron chi connectivity index (χ4n) is 2.59. The van der Waals surface area contributed by atoms with Crippen molar-refractivity contribution >= 4 is 5.82 Å². The van der Waals surface area contributed by atoms with Gasteiger partial charge in [0, 0.05) is 18.9 Å². The van der Waals surface area contributed by atoms with Crippen molar-refractivity contribution in [1.82, 2.24) is 9.55 Å². The molecule has 0 aliphatic carbocycles. The lowest BCUT2D eigenvalue weighted by molar-refractivity contribution is 0.612. The Kier molecular flexibility index (Phi) is 4.83. The Balaban J connectivity index is 2.35. The zero-order chi connectivity index (χ0) is 14.5. The largest absolute Gasteiger partial charge is 0.384 e. The molecular formula is C17H25N3. The van der Waals surface area contributed by atoms with Crippen molar-refractivity contribution < 1.29 is 0 Å². The van der Waals surface area contributed by atoms with Crippen LogP contribution in [0.1, 0.15) is 56.6 Å². The maximum atomic E-state index is 6.36. The van der Waals surface area contributed by atoms with E-state index in [1.54, 1.807) is 0 Å². The molecule has 0 saturated carbocycles. The van der Waals surface area contributed by atoms with Crippen LogP contribution in [0.2, 0.25) is 0 Å². The molecule has 108 valence electrons. The van der Waals surface area contributed by atoms with Crippen LogP contribution in [0.5, 0.6) is 0 Å². The summed E-state index contributed by atoms with van der Waals surface area (Å²) < 4.78 is 2.19. The fourth-order valence-corrected chi connectivity index (χ4v) is 2.59. The third-order valence-electron chi connectivity index (χ3n) is 3.88. The Bertz CT molecular complexity index is 543. The van der Waals surface area contributed by atoms with E-state index in [4.69, 9.17) is 10.7 Å². The highest BCUT2D eigenvalue weighted by Gasteiger charge is 2.19. The predicted molar refractivity (Wildman–Crippen MR) is 84.9 cm³/mol. The van der Waals surface area contributed by atoms with Crippen molar-refractivity contribution in [3.8, 4) is 0 Å². The van der Waals surface area contributed by atoms with Gasteiger partial charge in [-0.05, 0) is 12.0 Å². The zero-order valence-electron chi connectivity index (χ0n) is 12.8. The topological polar surface area (TPSA) is 43.8 Å². The SMILES string of the molecule is CCCCn1c(CC)nc(C(C)c2ccccc2)c1N. The van der Waals surface area contributed by atoms with Gasteiger partial charge in [0.1, 0.15) is 11.6 Å². The average molecular weight is 271 g/mol. The number of rotatable bonds is 6. The summed E-state index contributed by atoms with van der Waals surface area (Å²) in [5.41, 5.74) is 8.64. The molecule has 1 unspecified atom stereocenters. The number of nitrogens with two attached hydrogens (primary N) is 1. The molecular weight excluding hydrogens is 246 g/mol. The van der Waals surface area contributed by atoms with Crippen LogP contribution in [0.15, 0.2) is 30.3 Å². The first-order chi connectivity index (χ1) is 9.69. The number of benzene rings is 1. The van der Waals surface area contributed by atoms with E-state index in [1.807, 2.05) is 6.07 Å². The average Bonchev–Trinajstić information content (AvgIpc) is 2.81. The molecule has 0 radical (unpaired) electrons. The lowest BCUT2D eigenvalue weighted by atomic mass is 9.98. The number of aryl methyl sites for hydroxylation is 1. The van der Waals surface area contributed by atoms with E-state index in [1.165, 1.54) is 12.0 Å². The van der Waals surface area contributed by atoms with Gasteiger partial charge in [-0.2, -0.15) is 0 Å². The molecule has 3 nitrogen and oxygen atoms in total. The Morgan fingerprint density at radius 2 is 1.90 bits per heavy atom. The highest BCUT2D eigenvalue weighted by Crippen LogP contribution is 2.29. The third-order valence-corrected chi connectivity index (χ3v) is 3.88. The number of imidazole rings is 1. The molecule has 1 aromatic heterocycles. The van der Waals surface area contributed by atoms with Crippen LogP contribution in [0, 0.1) is 0 Å². The summed E-state index contributed by atoms with van der Waals surface area (Å²) in [5, 5.41) is 0. The minimum absolute atomic E-state index is 0.240. The smallest absolute Gasteiger partial charge is 0.127 e. The highest BCUT2D eigenvalue weighted by molar-refractivity contribution is 5.44. The lowest BCUT2D eigenvalue weighted by Gasteiger charge is -2.11. The first-order valence-electron chi connectivity index (χ1n) is 7.58. The van der Waals surface area contributed by atoms with Gasteiger partial charge in [0.05, 0.1) is 5.69 Å². The molecule has 0 aliphatic rings. The van der Waals surface area contributed by atoms with E-state index in [0.717, 1.165) is 36.7 Å². The molecule has 3 heteroatoms. The number of aromatic nitrogens is 2. The molecule has 0 aliphatic heterocycles. The van der Waals surface area contributed by atoms with Crippen LogP contribution < -0.4 is 5.73 Å². The number of anilines is 1. The van der Waals surface area contributed by atoms with Gasteiger partial charge in [-0.1, -0.05) is 57.5 Å². The standard InChI is InChI=1S/C17H25N3/c1-4-6-12-20-15(5-2)19-16(17(20)18)13(3)14-10-8-7-9-11-14/h7-11,13H,4-6,12,18H2,1-3H3. The maximum absolute atomic E-state index is 6.36. The number of hydrogen-bond acceptors (Lipinski definition) is 2. The second-order valence-electron chi connectivity index (χ2n) is 5.29. The number of nitrogens with zero attached hydrogens (tertiary/aromatic N) is 2. The summed E-state index contributed by atoms with van der Waals surface area (Å²) in [5.74, 6) is 2.18. The molecule has 0 amide bonds. The molecule has 0 saturated heterocycles.